The zero-order valence-electron chi connectivity index (χ0n) is 11.0. The maximum absolute atomic E-state index is 12.3. The van der Waals surface area contributed by atoms with E-state index in [1.165, 1.54) is 0 Å². The molecule has 0 saturated carbocycles. The summed E-state index contributed by atoms with van der Waals surface area (Å²) < 4.78 is 5.11. The van der Waals surface area contributed by atoms with Crippen LogP contribution in [0.1, 0.15) is 31.4 Å². The first kappa shape index (κ1) is 14.6. The van der Waals surface area contributed by atoms with Crippen molar-refractivity contribution >= 4 is 29.1 Å². The van der Waals surface area contributed by atoms with Crippen molar-refractivity contribution in [1.82, 2.24) is 4.90 Å². The molecule has 5 heteroatoms. The minimum absolute atomic E-state index is 0.0241. The van der Waals surface area contributed by atoms with Gasteiger partial charge in [0.1, 0.15) is 6.10 Å². The van der Waals surface area contributed by atoms with Crippen LogP contribution in [0.25, 0.3) is 0 Å². The number of likely N-dealkylation sites (tertiary alicyclic amines) is 1. The fraction of sp³-hybridized carbons (Fsp3) is 0.500. The van der Waals surface area contributed by atoms with Crippen LogP contribution in [0.15, 0.2) is 18.2 Å². The summed E-state index contributed by atoms with van der Waals surface area (Å²) in [6.45, 7) is 2.53. The van der Waals surface area contributed by atoms with E-state index in [0.717, 1.165) is 24.9 Å². The Bertz CT molecular complexity index is 479. The minimum atomic E-state index is -0.414. The average Bonchev–Trinajstić information content (AvgIpc) is 2.89. The molecule has 2 atom stereocenters. The Morgan fingerprint density at radius 1 is 1.42 bits per heavy atom. The summed E-state index contributed by atoms with van der Waals surface area (Å²) in [6.07, 6.45) is 1.52. The zero-order valence-corrected chi connectivity index (χ0v) is 12.5. The van der Waals surface area contributed by atoms with E-state index in [4.69, 9.17) is 27.9 Å². The van der Waals surface area contributed by atoms with Crippen LogP contribution in [-0.2, 0) is 9.53 Å². The van der Waals surface area contributed by atoms with Crippen LogP contribution in [0.2, 0.25) is 10.0 Å². The van der Waals surface area contributed by atoms with Gasteiger partial charge in [-0.1, -0.05) is 29.3 Å². The van der Waals surface area contributed by atoms with Crippen molar-refractivity contribution in [3.8, 4) is 0 Å². The highest BCUT2D eigenvalue weighted by Gasteiger charge is 2.32. The lowest BCUT2D eigenvalue weighted by molar-refractivity contribution is -0.141. The van der Waals surface area contributed by atoms with E-state index >= 15 is 0 Å². The summed E-state index contributed by atoms with van der Waals surface area (Å²) in [5.74, 6) is 0.0241. The third-order valence-corrected chi connectivity index (χ3v) is 4.30. The van der Waals surface area contributed by atoms with E-state index < -0.39 is 6.10 Å². The zero-order chi connectivity index (χ0) is 14.0. The van der Waals surface area contributed by atoms with Gasteiger partial charge >= 0.3 is 0 Å². The molecule has 2 unspecified atom stereocenters. The molecule has 0 aromatic heterocycles. The van der Waals surface area contributed by atoms with Gasteiger partial charge in [0.25, 0.3) is 5.91 Å². The minimum Gasteiger partial charge on any atom is -0.372 e. The Hall–Kier alpha value is -0.770. The largest absolute Gasteiger partial charge is 0.372 e. The highest BCUT2D eigenvalue weighted by atomic mass is 35.5. The molecular formula is C14H17Cl2NO2. The van der Waals surface area contributed by atoms with Gasteiger partial charge in [0.2, 0.25) is 0 Å². The smallest absolute Gasteiger partial charge is 0.251 e. The summed E-state index contributed by atoms with van der Waals surface area (Å²) in [5.41, 5.74) is 1.03. The Morgan fingerprint density at radius 2 is 2.16 bits per heavy atom. The van der Waals surface area contributed by atoms with E-state index in [0.29, 0.717) is 10.0 Å². The van der Waals surface area contributed by atoms with Gasteiger partial charge in [0, 0.05) is 13.7 Å². The predicted molar refractivity (Wildman–Crippen MR) is 76.6 cm³/mol. The number of methoxy groups -OCH3 is 1. The highest BCUT2D eigenvalue weighted by Crippen LogP contribution is 2.35. The van der Waals surface area contributed by atoms with Crippen molar-refractivity contribution in [1.29, 1.82) is 0 Å². The molecule has 1 saturated heterocycles. The van der Waals surface area contributed by atoms with Gasteiger partial charge in [-0.15, -0.1) is 0 Å². The van der Waals surface area contributed by atoms with Crippen molar-refractivity contribution in [2.24, 2.45) is 0 Å². The van der Waals surface area contributed by atoms with Crippen LogP contribution in [-0.4, -0.2) is 30.6 Å². The van der Waals surface area contributed by atoms with Crippen LogP contribution >= 0.6 is 23.2 Å². The van der Waals surface area contributed by atoms with Crippen molar-refractivity contribution < 1.29 is 9.53 Å². The van der Waals surface area contributed by atoms with Crippen molar-refractivity contribution in [3.05, 3.63) is 33.8 Å². The fourth-order valence-electron chi connectivity index (χ4n) is 2.43. The molecule has 1 aromatic rings. The first-order valence-electron chi connectivity index (χ1n) is 6.33. The monoisotopic (exact) mass is 301 g/mol. The molecular weight excluding hydrogens is 285 g/mol. The Kier molecular flexibility index (Phi) is 4.71. The molecule has 1 aromatic carbocycles. The van der Waals surface area contributed by atoms with Crippen molar-refractivity contribution in [3.63, 3.8) is 0 Å². The summed E-state index contributed by atoms with van der Waals surface area (Å²) in [5, 5.41) is 1.06. The van der Waals surface area contributed by atoms with E-state index in [9.17, 15) is 4.79 Å². The topological polar surface area (TPSA) is 29.5 Å². The number of amides is 1. The Morgan fingerprint density at radius 3 is 2.79 bits per heavy atom. The lowest BCUT2D eigenvalue weighted by Crippen LogP contribution is -2.38. The first-order chi connectivity index (χ1) is 9.04. The lowest BCUT2D eigenvalue weighted by Gasteiger charge is -2.27. The number of hydrogen-bond donors (Lipinski definition) is 0. The molecule has 19 heavy (non-hydrogen) atoms. The Balaban J connectivity index is 2.23. The molecule has 0 bridgehead atoms. The molecule has 104 valence electrons. The van der Waals surface area contributed by atoms with E-state index in [-0.39, 0.29) is 11.9 Å². The molecule has 0 aliphatic carbocycles. The van der Waals surface area contributed by atoms with Crippen LogP contribution in [0, 0.1) is 0 Å². The second kappa shape index (κ2) is 6.12. The number of nitrogens with zero attached hydrogens (tertiary/aromatic N) is 1. The molecule has 3 nitrogen and oxygen atoms in total. The molecule has 1 fully saturated rings. The van der Waals surface area contributed by atoms with Gasteiger partial charge in [-0.2, -0.15) is 0 Å². The number of ether oxygens (including phenoxy) is 1. The van der Waals surface area contributed by atoms with Crippen LogP contribution in [0.3, 0.4) is 0 Å². The van der Waals surface area contributed by atoms with E-state index in [1.807, 2.05) is 17.0 Å². The summed E-state index contributed by atoms with van der Waals surface area (Å²) in [7, 11) is 1.55. The quantitative estimate of drug-likeness (QED) is 0.852. The standard InChI is InChI=1S/C14H17Cl2NO2/c1-9(19-2)14(18)17-7-3-4-13(17)10-5-6-11(15)12(16)8-10/h5-6,8-9,13H,3-4,7H2,1-2H3. The van der Waals surface area contributed by atoms with Gasteiger partial charge in [-0.3, -0.25) is 4.79 Å². The van der Waals surface area contributed by atoms with Gasteiger partial charge in [-0.25, -0.2) is 0 Å². The summed E-state index contributed by atoms with van der Waals surface area (Å²) in [6, 6.07) is 5.62. The SMILES string of the molecule is COC(C)C(=O)N1CCCC1c1ccc(Cl)c(Cl)c1. The van der Waals surface area contributed by atoms with Gasteiger partial charge < -0.3 is 9.64 Å². The summed E-state index contributed by atoms with van der Waals surface area (Å²) in [4.78, 5) is 14.1. The van der Waals surface area contributed by atoms with E-state index in [1.54, 1.807) is 20.1 Å². The number of benzene rings is 1. The predicted octanol–water partition coefficient (Wildman–Crippen LogP) is 3.69. The molecule has 1 aliphatic rings. The van der Waals surface area contributed by atoms with Crippen molar-refractivity contribution in [2.45, 2.75) is 31.9 Å². The third kappa shape index (κ3) is 3.04. The van der Waals surface area contributed by atoms with Gasteiger partial charge in [0.15, 0.2) is 0 Å². The first-order valence-corrected chi connectivity index (χ1v) is 7.08. The van der Waals surface area contributed by atoms with Crippen molar-refractivity contribution in [2.75, 3.05) is 13.7 Å². The number of carbonyl (C=O) groups excluding carboxylic acids is 1. The van der Waals surface area contributed by atoms with Gasteiger partial charge in [0.05, 0.1) is 16.1 Å². The average molecular weight is 302 g/mol. The maximum atomic E-state index is 12.3. The molecule has 0 radical (unpaired) electrons. The summed E-state index contributed by atoms with van der Waals surface area (Å²) >= 11 is 12.0. The second-order valence-electron chi connectivity index (χ2n) is 4.74. The molecule has 1 amide bonds. The molecule has 2 rings (SSSR count). The second-order valence-corrected chi connectivity index (χ2v) is 5.56. The third-order valence-electron chi connectivity index (χ3n) is 3.57. The van der Waals surface area contributed by atoms with Crippen LogP contribution in [0.4, 0.5) is 0 Å². The normalized spacial score (nSPS) is 20.6. The number of carbonyl (C=O) groups is 1. The number of rotatable bonds is 3. The number of halogens is 2. The molecule has 0 N–H and O–H groups in total. The van der Waals surface area contributed by atoms with Crippen LogP contribution in [0.5, 0.6) is 0 Å². The highest BCUT2D eigenvalue weighted by molar-refractivity contribution is 6.42. The van der Waals surface area contributed by atoms with Gasteiger partial charge in [-0.05, 0) is 37.5 Å². The van der Waals surface area contributed by atoms with E-state index in [2.05, 4.69) is 0 Å². The molecule has 1 aliphatic heterocycles. The fourth-order valence-corrected chi connectivity index (χ4v) is 2.74. The van der Waals surface area contributed by atoms with Crippen LogP contribution < -0.4 is 0 Å². The number of hydrogen-bond acceptors (Lipinski definition) is 2. The lowest BCUT2D eigenvalue weighted by atomic mass is 10.0. The Labute approximate surface area is 123 Å². The molecule has 1 heterocycles. The molecule has 0 spiro atoms. The maximum Gasteiger partial charge on any atom is 0.251 e.